The van der Waals surface area contributed by atoms with E-state index in [9.17, 15) is 10.1 Å². The molecular formula is C36H36FN7O2. The lowest BCUT2D eigenvalue weighted by molar-refractivity contribution is -0.128. The van der Waals surface area contributed by atoms with E-state index in [4.69, 9.17) is 21.3 Å². The van der Waals surface area contributed by atoms with Gasteiger partial charge in [0.25, 0.3) is 0 Å². The summed E-state index contributed by atoms with van der Waals surface area (Å²) in [5, 5.41) is 11.0. The SMILES string of the molecule is [C-]#[N+]C[C@H]1CN(c2c(C#N)c(OCC34CCCN3CCC4)nc3c(F)c(-c4cccc5c4C4CC4C5)ncc23)CCN1C(=O)C=C. The fourth-order valence-electron chi connectivity index (χ4n) is 8.81. The largest absolute Gasteiger partial charge is 0.475 e. The Morgan fingerprint density at radius 3 is 2.85 bits per heavy atom. The zero-order valence-electron chi connectivity index (χ0n) is 25.8. The highest BCUT2D eigenvalue weighted by Crippen LogP contribution is 2.58. The number of halogens is 1. The summed E-state index contributed by atoms with van der Waals surface area (Å²) < 4.78 is 23.4. The Morgan fingerprint density at radius 1 is 1.26 bits per heavy atom. The third-order valence-electron chi connectivity index (χ3n) is 11.1. The number of carbonyl (C=O) groups excluding carboxylic acids is 1. The summed E-state index contributed by atoms with van der Waals surface area (Å²) in [4.78, 5) is 31.8. The van der Waals surface area contributed by atoms with Crippen molar-refractivity contribution in [2.75, 3.05) is 50.8 Å². The number of nitrogens with zero attached hydrogens (tertiary/aromatic N) is 7. The summed E-state index contributed by atoms with van der Waals surface area (Å²) in [5.74, 6) is 0.467. The Morgan fingerprint density at radius 2 is 2.09 bits per heavy atom. The van der Waals surface area contributed by atoms with Crippen LogP contribution in [0.25, 0.3) is 27.0 Å². The monoisotopic (exact) mass is 617 g/mol. The molecule has 10 heteroatoms. The average Bonchev–Trinajstić information content (AvgIpc) is 3.35. The van der Waals surface area contributed by atoms with Gasteiger partial charge in [0.15, 0.2) is 5.82 Å². The van der Waals surface area contributed by atoms with E-state index in [1.807, 2.05) is 17.0 Å². The minimum atomic E-state index is -0.523. The molecule has 0 radical (unpaired) electrons. The van der Waals surface area contributed by atoms with Gasteiger partial charge in [0.2, 0.25) is 18.3 Å². The summed E-state index contributed by atoms with van der Waals surface area (Å²) in [6.45, 7) is 14.7. The van der Waals surface area contributed by atoms with Crippen LogP contribution in [0, 0.1) is 29.6 Å². The Balaban J connectivity index is 1.26. The van der Waals surface area contributed by atoms with Crippen molar-refractivity contribution in [3.63, 3.8) is 0 Å². The third-order valence-corrected chi connectivity index (χ3v) is 11.1. The number of nitriles is 1. The minimum absolute atomic E-state index is 0.0890. The molecule has 8 rings (SSSR count). The number of amides is 1. The van der Waals surface area contributed by atoms with Gasteiger partial charge in [0, 0.05) is 36.8 Å². The van der Waals surface area contributed by atoms with Crippen molar-refractivity contribution in [2.45, 2.75) is 56.0 Å². The molecule has 3 atom stereocenters. The molecule has 0 spiro atoms. The van der Waals surface area contributed by atoms with Crippen LogP contribution in [0.4, 0.5) is 10.1 Å². The number of rotatable bonds is 7. The second-order valence-corrected chi connectivity index (χ2v) is 13.5. The number of hydrogen-bond acceptors (Lipinski definition) is 7. The standard InChI is InChI=1S/C36H36FN7O2/c1-3-29(45)44-14-13-42(20-24(44)18-39-2)34-27(17-38)35(46-21-36-9-5-11-43(36)12-6-10-36)41-33-28(34)19-40-32(31(33)37)25-8-4-7-22-15-23-16-26(23)30(22)25/h3-4,7-8,19,23-24,26H,1,5-6,9-16,18,20-21H2/t23?,24-,26?/m0/s1. The molecular weight excluding hydrogens is 581 g/mol. The Bertz CT molecular complexity index is 1850. The molecule has 5 heterocycles. The maximum Gasteiger partial charge on any atom is 0.246 e. The minimum Gasteiger partial charge on any atom is -0.475 e. The first kappa shape index (κ1) is 28.9. The van der Waals surface area contributed by atoms with Crippen LogP contribution < -0.4 is 9.64 Å². The molecule has 0 bridgehead atoms. The normalized spacial score (nSPS) is 24.2. The molecule has 0 N–H and O–H groups in total. The highest BCUT2D eigenvalue weighted by Gasteiger charge is 2.47. The van der Waals surface area contributed by atoms with E-state index in [0.717, 1.165) is 57.2 Å². The number of aromatic nitrogens is 2. The van der Waals surface area contributed by atoms with Crippen molar-refractivity contribution < 1.29 is 13.9 Å². The van der Waals surface area contributed by atoms with E-state index in [2.05, 4.69) is 28.5 Å². The lowest BCUT2D eigenvalue weighted by atomic mass is 9.95. The number of piperazine rings is 1. The first-order chi connectivity index (χ1) is 22.5. The maximum absolute atomic E-state index is 16.9. The lowest BCUT2D eigenvalue weighted by Gasteiger charge is -2.40. The van der Waals surface area contributed by atoms with E-state index in [1.165, 1.54) is 17.2 Å². The number of ether oxygens (including phenoxy) is 1. The fourth-order valence-corrected chi connectivity index (χ4v) is 8.81. The van der Waals surface area contributed by atoms with Crippen LogP contribution in [0.5, 0.6) is 5.88 Å². The van der Waals surface area contributed by atoms with E-state index in [-0.39, 0.29) is 40.6 Å². The zero-order valence-corrected chi connectivity index (χ0v) is 25.8. The second kappa shape index (κ2) is 11.1. The summed E-state index contributed by atoms with van der Waals surface area (Å²) >= 11 is 0. The summed E-state index contributed by atoms with van der Waals surface area (Å²) in [6, 6.07) is 7.99. The first-order valence-electron chi connectivity index (χ1n) is 16.4. The van der Waals surface area contributed by atoms with Gasteiger partial charge in [-0.15, -0.1) is 0 Å². The van der Waals surface area contributed by atoms with Crippen LogP contribution in [-0.2, 0) is 11.2 Å². The molecule has 1 saturated carbocycles. The highest BCUT2D eigenvalue weighted by molar-refractivity contribution is 5.98. The molecule has 46 heavy (non-hydrogen) atoms. The number of carbonyl (C=O) groups is 1. The van der Waals surface area contributed by atoms with Crippen LogP contribution in [0.3, 0.4) is 0 Å². The molecule has 1 amide bonds. The molecule has 3 aromatic rings. The smallest absolute Gasteiger partial charge is 0.246 e. The van der Waals surface area contributed by atoms with Gasteiger partial charge in [0.1, 0.15) is 35.5 Å². The molecule has 4 fully saturated rings. The zero-order chi connectivity index (χ0) is 31.6. The molecule has 2 unspecified atom stereocenters. The molecule has 3 saturated heterocycles. The number of anilines is 1. The van der Waals surface area contributed by atoms with Crippen LogP contribution >= 0.6 is 0 Å². The van der Waals surface area contributed by atoms with E-state index >= 15 is 4.39 Å². The average molecular weight is 618 g/mol. The van der Waals surface area contributed by atoms with Gasteiger partial charge in [-0.05, 0) is 80.7 Å². The van der Waals surface area contributed by atoms with Crippen LogP contribution in [0.15, 0.2) is 37.1 Å². The van der Waals surface area contributed by atoms with E-state index in [0.29, 0.717) is 49.2 Å². The Hall–Kier alpha value is -4.54. The van der Waals surface area contributed by atoms with Crippen molar-refractivity contribution >= 4 is 22.5 Å². The van der Waals surface area contributed by atoms with Gasteiger partial charge in [-0.2, -0.15) is 5.26 Å². The molecule has 5 aliphatic rings. The van der Waals surface area contributed by atoms with Crippen molar-refractivity contribution in [2.24, 2.45) is 5.92 Å². The first-order valence-corrected chi connectivity index (χ1v) is 16.4. The van der Waals surface area contributed by atoms with Crippen molar-refractivity contribution in [1.29, 1.82) is 5.26 Å². The number of benzene rings is 1. The Labute approximate surface area is 268 Å². The quantitative estimate of drug-likeness (QED) is 0.269. The predicted octanol–water partition coefficient (Wildman–Crippen LogP) is 5.10. The lowest BCUT2D eigenvalue weighted by Crippen LogP contribution is -2.56. The van der Waals surface area contributed by atoms with Crippen LogP contribution in [0.2, 0.25) is 0 Å². The van der Waals surface area contributed by atoms with Gasteiger partial charge >= 0.3 is 0 Å². The molecule has 3 aliphatic heterocycles. The van der Waals surface area contributed by atoms with Crippen molar-refractivity contribution in [3.05, 3.63) is 71.0 Å². The molecule has 1 aromatic carbocycles. The van der Waals surface area contributed by atoms with Gasteiger partial charge in [0.05, 0.1) is 11.2 Å². The van der Waals surface area contributed by atoms with E-state index < -0.39 is 11.9 Å². The molecule has 2 aromatic heterocycles. The number of fused-ring (bicyclic) bond motifs is 5. The maximum atomic E-state index is 16.9. The fraction of sp³-hybridized carbons (Fsp3) is 0.472. The summed E-state index contributed by atoms with van der Waals surface area (Å²) in [6.07, 6.45) is 9.32. The topological polar surface area (TPSA) is 90.0 Å². The van der Waals surface area contributed by atoms with Crippen LogP contribution in [-0.4, -0.2) is 83.1 Å². The van der Waals surface area contributed by atoms with Gasteiger partial charge in [-0.25, -0.2) is 15.9 Å². The highest BCUT2D eigenvalue weighted by atomic mass is 19.1. The molecule has 2 aliphatic carbocycles. The van der Waals surface area contributed by atoms with Gasteiger partial charge < -0.3 is 19.4 Å². The molecule has 234 valence electrons. The molecule has 9 nitrogen and oxygen atoms in total. The summed E-state index contributed by atoms with van der Waals surface area (Å²) in [5.41, 5.74) is 4.32. The Kier molecular flexibility index (Phi) is 6.95. The van der Waals surface area contributed by atoms with Crippen molar-refractivity contribution in [1.82, 2.24) is 19.8 Å². The van der Waals surface area contributed by atoms with Gasteiger partial charge in [-0.1, -0.05) is 24.8 Å². The number of pyridine rings is 2. The van der Waals surface area contributed by atoms with Crippen molar-refractivity contribution in [3.8, 4) is 23.2 Å². The predicted molar refractivity (Wildman–Crippen MR) is 172 cm³/mol. The van der Waals surface area contributed by atoms with E-state index in [1.54, 1.807) is 11.1 Å². The number of hydrogen-bond donors (Lipinski definition) is 0. The van der Waals surface area contributed by atoms with Gasteiger partial charge in [-0.3, -0.25) is 14.7 Å². The third kappa shape index (κ3) is 4.46. The summed E-state index contributed by atoms with van der Waals surface area (Å²) in [7, 11) is 0. The van der Waals surface area contributed by atoms with Crippen LogP contribution in [0.1, 0.15) is 54.7 Å². The second-order valence-electron chi connectivity index (χ2n) is 13.5.